The number of amides is 2. The summed E-state index contributed by atoms with van der Waals surface area (Å²) in [5.74, 6) is -0.262. The number of carbonyl (C=O) groups excluding carboxylic acids is 2. The summed E-state index contributed by atoms with van der Waals surface area (Å²) in [6, 6.07) is 15.2. The number of aryl methyl sites for hydroxylation is 2. The van der Waals surface area contributed by atoms with Gasteiger partial charge in [-0.25, -0.2) is 0 Å². The minimum Gasteiger partial charge on any atom is -0.352 e. The molecule has 0 unspecified atom stereocenters. The van der Waals surface area contributed by atoms with Gasteiger partial charge >= 0.3 is 0 Å². The third-order valence-corrected chi connectivity index (χ3v) is 3.67. The molecule has 4 heteroatoms. The third-order valence-electron chi connectivity index (χ3n) is 3.67. The standard InChI is InChI=1S/C19H22N2O2/c1-3-15-8-10-16(11-9-15)21-18(22)12-13-20-19(23)17-7-5-4-6-14(17)2/h4-11H,3,12-13H2,1-2H3,(H,20,23)(H,21,22). The molecule has 0 aliphatic carbocycles. The summed E-state index contributed by atoms with van der Waals surface area (Å²) in [5, 5.41) is 5.60. The lowest BCUT2D eigenvalue weighted by Crippen LogP contribution is -2.28. The molecule has 0 aliphatic heterocycles. The Bertz CT molecular complexity index is 678. The molecule has 23 heavy (non-hydrogen) atoms. The molecule has 2 aromatic rings. The van der Waals surface area contributed by atoms with Crippen LogP contribution < -0.4 is 10.6 Å². The Morgan fingerprint density at radius 2 is 1.70 bits per heavy atom. The van der Waals surface area contributed by atoms with E-state index in [-0.39, 0.29) is 18.2 Å². The fourth-order valence-corrected chi connectivity index (χ4v) is 2.26. The average Bonchev–Trinajstić information content (AvgIpc) is 2.56. The molecule has 0 bridgehead atoms. The molecule has 0 fully saturated rings. The zero-order valence-corrected chi connectivity index (χ0v) is 13.6. The van der Waals surface area contributed by atoms with Crippen molar-refractivity contribution in [1.82, 2.24) is 5.32 Å². The van der Waals surface area contributed by atoms with E-state index >= 15 is 0 Å². The van der Waals surface area contributed by atoms with Crippen molar-refractivity contribution in [2.45, 2.75) is 26.7 Å². The van der Waals surface area contributed by atoms with E-state index < -0.39 is 0 Å². The molecule has 2 amide bonds. The molecular formula is C19H22N2O2. The highest BCUT2D eigenvalue weighted by Gasteiger charge is 2.08. The predicted octanol–water partition coefficient (Wildman–Crippen LogP) is 3.32. The highest BCUT2D eigenvalue weighted by atomic mass is 16.2. The van der Waals surface area contributed by atoms with Crippen LogP contribution in [0.1, 0.15) is 34.8 Å². The van der Waals surface area contributed by atoms with Gasteiger partial charge in [0.15, 0.2) is 0 Å². The molecule has 0 spiro atoms. The van der Waals surface area contributed by atoms with Crippen molar-refractivity contribution in [2.24, 2.45) is 0 Å². The molecule has 0 atom stereocenters. The van der Waals surface area contributed by atoms with Crippen LogP contribution in [0.3, 0.4) is 0 Å². The summed E-state index contributed by atoms with van der Waals surface area (Å²) in [7, 11) is 0. The van der Waals surface area contributed by atoms with E-state index in [1.165, 1.54) is 5.56 Å². The van der Waals surface area contributed by atoms with Crippen LogP contribution in [0.4, 0.5) is 5.69 Å². The number of carbonyl (C=O) groups is 2. The first kappa shape index (κ1) is 16.7. The Hall–Kier alpha value is -2.62. The van der Waals surface area contributed by atoms with Gasteiger partial charge in [0.05, 0.1) is 0 Å². The lowest BCUT2D eigenvalue weighted by Gasteiger charge is -2.08. The fourth-order valence-electron chi connectivity index (χ4n) is 2.26. The zero-order chi connectivity index (χ0) is 16.7. The van der Waals surface area contributed by atoms with Crippen molar-refractivity contribution >= 4 is 17.5 Å². The van der Waals surface area contributed by atoms with Crippen LogP contribution in [0.2, 0.25) is 0 Å². The minimum atomic E-state index is -0.150. The Kier molecular flexibility index (Phi) is 5.92. The summed E-state index contributed by atoms with van der Waals surface area (Å²) in [5.41, 5.74) is 3.57. The molecule has 2 aromatic carbocycles. The Labute approximate surface area is 136 Å². The van der Waals surface area contributed by atoms with E-state index in [0.717, 1.165) is 17.7 Å². The maximum Gasteiger partial charge on any atom is 0.251 e. The van der Waals surface area contributed by atoms with Crippen LogP contribution in [-0.4, -0.2) is 18.4 Å². The number of hydrogen-bond acceptors (Lipinski definition) is 2. The van der Waals surface area contributed by atoms with Crippen LogP contribution in [0.15, 0.2) is 48.5 Å². The van der Waals surface area contributed by atoms with Crippen LogP contribution in [0, 0.1) is 6.92 Å². The SMILES string of the molecule is CCc1ccc(NC(=O)CCNC(=O)c2ccccc2C)cc1. The van der Waals surface area contributed by atoms with Gasteiger partial charge < -0.3 is 10.6 Å². The number of hydrogen-bond donors (Lipinski definition) is 2. The first-order valence-corrected chi connectivity index (χ1v) is 7.82. The van der Waals surface area contributed by atoms with E-state index in [2.05, 4.69) is 17.6 Å². The summed E-state index contributed by atoms with van der Waals surface area (Å²) >= 11 is 0. The van der Waals surface area contributed by atoms with Gasteiger partial charge in [-0.3, -0.25) is 9.59 Å². The summed E-state index contributed by atoms with van der Waals surface area (Å²) < 4.78 is 0. The van der Waals surface area contributed by atoms with Crippen molar-refractivity contribution in [3.05, 3.63) is 65.2 Å². The molecule has 120 valence electrons. The molecule has 2 rings (SSSR count). The van der Waals surface area contributed by atoms with E-state index in [0.29, 0.717) is 12.1 Å². The number of rotatable bonds is 6. The highest BCUT2D eigenvalue weighted by molar-refractivity contribution is 5.96. The van der Waals surface area contributed by atoms with Crippen molar-refractivity contribution in [3.63, 3.8) is 0 Å². The summed E-state index contributed by atoms with van der Waals surface area (Å²) in [6.07, 6.45) is 1.21. The number of nitrogens with one attached hydrogen (secondary N) is 2. The molecule has 0 saturated heterocycles. The second-order valence-electron chi connectivity index (χ2n) is 5.42. The van der Waals surface area contributed by atoms with Gasteiger partial charge in [0, 0.05) is 24.2 Å². The van der Waals surface area contributed by atoms with Crippen molar-refractivity contribution in [3.8, 4) is 0 Å². The smallest absolute Gasteiger partial charge is 0.251 e. The summed E-state index contributed by atoms with van der Waals surface area (Å²) in [4.78, 5) is 23.9. The highest BCUT2D eigenvalue weighted by Crippen LogP contribution is 2.10. The third kappa shape index (κ3) is 4.95. The molecule has 2 N–H and O–H groups in total. The fraction of sp³-hybridized carbons (Fsp3) is 0.263. The van der Waals surface area contributed by atoms with E-state index in [1.807, 2.05) is 49.4 Å². The van der Waals surface area contributed by atoms with Crippen LogP contribution in [-0.2, 0) is 11.2 Å². The second kappa shape index (κ2) is 8.13. The quantitative estimate of drug-likeness (QED) is 0.860. The van der Waals surface area contributed by atoms with E-state index in [9.17, 15) is 9.59 Å². The molecular weight excluding hydrogens is 288 g/mol. The number of benzene rings is 2. The van der Waals surface area contributed by atoms with Gasteiger partial charge in [-0.1, -0.05) is 37.3 Å². The molecule has 4 nitrogen and oxygen atoms in total. The second-order valence-corrected chi connectivity index (χ2v) is 5.42. The van der Waals surface area contributed by atoms with Gasteiger partial charge in [-0.05, 0) is 42.7 Å². The monoisotopic (exact) mass is 310 g/mol. The first-order chi connectivity index (χ1) is 11.1. The van der Waals surface area contributed by atoms with Crippen LogP contribution >= 0.6 is 0 Å². The van der Waals surface area contributed by atoms with Gasteiger partial charge in [0.2, 0.25) is 5.91 Å². The molecule has 0 radical (unpaired) electrons. The van der Waals surface area contributed by atoms with Gasteiger partial charge in [-0.15, -0.1) is 0 Å². The molecule has 0 aliphatic rings. The maximum atomic E-state index is 12.0. The average molecular weight is 310 g/mol. The van der Waals surface area contributed by atoms with Gasteiger partial charge in [0.25, 0.3) is 5.91 Å². The Morgan fingerprint density at radius 1 is 1.00 bits per heavy atom. The normalized spacial score (nSPS) is 10.2. The van der Waals surface area contributed by atoms with Crippen LogP contribution in [0.25, 0.3) is 0 Å². The van der Waals surface area contributed by atoms with E-state index in [4.69, 9.17) is 0 Å². The van der Waals surface area contributed by atoms with Gasteiger partial charge in [-0.2, -0.15) is 0 Å². The largest absolute Gasteiger partial charge is 0.352 e. The first-order valence-electron chi connectivity index (χ1n) is 7.82. The molecule has 0 saturated carbocycles. The predicted molar refractivity (Wildman–Crippen MR) is 92.6 cm³/mol. The lowest BCUT2D eigenvalue weighted by atomic mass is 10.1. The summed E-state index contributed by atoms with van der Waals surface area (Å²) in [6.45, 7) is 4.29. The zero-order valence-electron chi connectivity index (χ0n) is 13.6. The van der Waals surface area contributed by atoms with Crippen molar-refractivity contribution in [1.29, 1.82) is 0 Å². The molecule has 0 aromatic heterocycles. The van der Waals surface area contributed by atoms with Gasteiger partial charge in [0.1, 0.15) is 0 Å². The minimum absolute atomic E-state index is 0.112. The lowest BCUT2D eigenvalue weighted by molar-refractivity contribution is -0.116. The van der Waals surface area contributed by atoms with E-state index in [1.54, 1.807) is 6.07 Å². The molecule has 0 heterocycles. The van der Waals surface area contributed by atoms with Crippen LogP contribution in [0.5, 0.6) is 0 Å². The Balaban J connectivity index is 1.78. The van der Waals surface area contributed by atoms with Crippen molar-refractivity contribution < 1.29 is 9.59 Å². The number of anilines is 1. The Morgan fingerprint density at radius 3 is 2.35 bits per heavy atom. The topological polar surface area (TPSA) is 58.2 Å². The van der Waals surface area contributed by atoms with Crippen molar-refractivity contribution in [2.75, 3.05) is 11.9 Å². The maximum absolute atomic E-state index is 12.0.